The summed E-state index contributed by atoms with van der Waals surface area (Å²) in [6.07, 6.45) is 1.64. The second kappa shape index (κ2) is 7.45. The maximum Gasteiger partial charge on any atom is 0.262 e. The Labute approximate surface area is 139 Å². The first kappa shape index (κ1) is 17.3. The van der Waals surface area contributed by atoms with Crippen molar-refractivity contribution in [3.05, 3.63) is 52.4 Å². The normalized spacial score (nSPS) is 10.1. The zero-order valence-corrected chi connectivity index (χ0v) is 13.8. The van der Waals surface area contributed by atoms with E-state index in [0.29, 0.717) is 17.1 Å². The van der Waals surface area contributed by atoms with Crippen LogP contribution in [0.2, 0.25) is 0 Å². The minimum Gasteiger partial charge on any atom is -0.478 e. The largest absolute Gasteiger partial charge is 0.478 e. The van der Waals surface area contributed by atoms with E-state index in [1.165, 1.54) is 13.0 Å². The number of hydrogen-bond acceptors (Lipinski definition) is 4. The number of benzene rings is 1. The second-order valence-corrected chi connectivity index (χ2v) is 5.30. The van der Waals surface area contributed by atoms with Crippen molar-refractivity contribution in [2.75, 3.05) is 17.2 Å². The van der Waals surface area contributed by atoms with Crippen LogP contribution >= 0.6 is 0 Å². The lowest BCUT2D eigenvalue weighted by atomic mass is 10.2. The number of rotatable bonds is 5. The monoisotopic (exact) mass is 329 g/mol. The fourth-order valence-electron chi connectivity index (χ4n) is 2.09. The van der Waals surface area contributed by atoms with Crippen LogP contribution < -0.4 is 20.8 Å². The lowest BCUT2D eigenvalue weighted by molar-refractivity contribution is -0.118. The van der Waals surface area contributed by atoms with Gasteiger partial charge in [-0.2, -0.15) is 0 Å². The summed E-state index contributed by atoms with van der Waals surface area (Å²) in [5, 5.41) is 5.29. The number of nitrogens with one attached hydrogen (secondary N) is 2. The number of nitrogens with zero attached hydrogens (tertiary/aromatic N) is 1. The van der Waals surface area contributed by atoms with Gasteiger partial charge in [-0.05, 0) is 25.1 Å². The highest BCUT2D eigenvalue weighted by Gasteiger charge is 2.10. The molecule has 2 aromatic rings. The molecular weight excluding hydrogens is 310 g/mol. The van der Waals surface area contributed by atoms with Gasteiger partial charge in [0.1, 0.15) is 0 Å². The van der Waals surface area contributed by atoms with Crippen molar-refractivity contribution < 1.29 is 14.3 Å². The number of hydrogen-bond donors (Lipinski definition) is 2. The number of amides is 2. The SMILES string of the molecule is CC(=O)Nc1cccc(NC(=O)COc2c(C)n(C)ccc2=O)c1. The topological polar surface area (TPSA) is 89.4 Å². The van der Waals surface area contributed by atoms with Crippen LogP contribution in [0.25, 0.3) is 0 Å². The van der Waals surface area contributed by atoms with Crippen LogP contribution in [0.1, 0.15) is 12.6 Å². The van der Waals surface area contributed by atoms with Gasteiger partial charge in [0.2, 0.25) is 11.3 Å². The zero-order chi connectivity index (χ0) is 17.7. The molecule has 0 saturated carbocycles. The molecule has 2 N–H and O–H groups in total. The second-order valence-electron chi connectivity index (χ2n) is 5.30. The molecule has 1 aromatic heterocycles. The molecule has 0 aliphatic carbocycles. The number of pyridine rings is 1. The molecule has 0 aliphatic rings. The van der Waals surface area contributed by atoms with Gasteiger partial charge in [-0.1, -0.05) is 6.07 Å². The van der Waals surface area contributed by atoms with Crippen LogP contribution in [0.4, 0.5) is 11.4 Å². The average molecular weight is 329 g/mol. The maximum absolute atomic E-state index is 12.0. The number of aromatic nitrogens is 1. The van der Waals surface area contributed by atoms with E-state index < -0.39 is 5.91 Å². The Balaban J connectivity index is 2.01. The maximum atomic E-state index is 12.0. The molecule has 7 heteroatoms. The molecule has 0 spiro atoms. The number of carbonyl (C=O) groups is 2. The van der Waals surface area contributed by atoms with Gasteiger partial charge >= 0.3 is 0 Å². The molecule has 7 nitrogen and oxygen atoms in total. The molecule has 126 valence electrons. The van der Waals surface area contributed by atoms with Gasteiger partial charge in [-0.3, -0.25) is 14.4 Å². The molecule has 24 heavy (non-hydrogen) atoms. The molecule has 1 heterocycles. The first-order chi connectivity index (χ1) is 11.4. The van der Waals surface area contributed by atoms with Gasteiger partial charge in [0.05, 0.1) is 5.69 Å². The lowest BCUT2D eigenvalue weighted by Gasteiger charge is -2.12. The van der Waals surface area contributed by atoms with Crippen molar-refractivity contribution in [1.82, 2.24) is 4.57 Å². The van der Waals surface area contributed by atoms with Gasteiger partial charge in [-0.15, -0.1) is 0 Å². The highest BCUT2D eigenvalue weighted by atomic mass is 16.5. The van der Waals surface area contributed by atoms with Crippen LogP contribution in [0.15, 0.2) is 41.3 Å². The Morgan fingerprint density at radius 2 is 1.83 bits per heavy atom. The molecule has 0 radical (unpaired) electrons. The minimum absolute atomic E-state index is 0.155. The molecule has 0 saturated heterocycles. The van der Waals surface area contributed by atoms with E-state index in [2.05, 4.69) is 10.6 Å². The first-order valence-electron chi connectivity index (χ1n) is 7.33. The third-order valence-electron chi connectivity index (χ3n) is 3.35. The summed E-state index contributed by atoms with van der Waals surface area (Å²) in [7, 11) is 1.79. The summed E-state index contributed by atoms with van der Waals surface area (Å²) in [5.74, 6) is -0.445. The van der Waals surface area contributed by atoms with E-state index in [4.69, 9.17) is 4.74 Å². The van der Waals surface area contributed by atoms with Crippen molar-refractivity contribution in [1.29, 1.82) is 0 Å². The molecule has 2 rings (SSSR count). The van der Waals surface area contributed by atoms with E-state index in [1.54, 1.807) is 49.0 Å². The van der Waals surface area contributed by atoms with E-state index in [1.807, 2.05) is 0 Å². The molecule has 0 fully saturated rings. The zero-order valence-electron chi connectivity index (χ0n) is 13.8. The van der Waals surface area contributed by atoms with Crippen LogP contribution in [0, 0.1) is 6.92 Å². The van der Waals surface area contributed by atoms with E-state index in [0.717, 1.165) is 0 Å². The van der Waals surface area contributed by atoms with Crippen molar-refractivity contribution in [2.45, 2.75) is 13.8 Å². The van der Waals surface area contributed by atoms with E-state index in [-0.39, 0.29) is 23.7 Å². The quantitative estimate of drug-likeness (QED) is 0.873. The summed E-state index contributed by atoms with van der Waals surface area (Å²) < 4.78 is 7.10. The molecule has 0 atom stereocenters. The van der Waals surface area contributed by atoms with Crippen LogP contribution in [-0.2, 0) is 16.6 Å². The summed E-state index contributed by atoms with van der Waals surface area (Å²) in [5.41, 5.74) is 1.47. The van der Waals surface area contributed by atoms with Crippen molar-refractivity contribution in [3.8, 4) is 5.75 Å². The van der Waals surface area contributed by atoms with Crippen LogP contribution in [-0.4, -0.2) is 23.0 Å². The van der Waals surface area contributed by atoms with Crippen molar-refractivity contribution in [2.24, 2.45) is 7.05 Å². The Bertz CT molecular complexity index is 827. The Hall–Kier alpha value is -3.09. The molecule has 0 bridgehead atoms. The van der Waals surface area contributed by atoms with E-state index >= 15 is 0 Å². The third kappa shape index (κ3) is 4.45. The van der Waals surface area contributed by atoms with E-state index in [9.17, 15) is 14.4 Å². The summed E-state index contributed by atoms with van der Waals surface area (Å²) >= 11 is 0. The molecule has 1 aromatic carbocycles. The van der Waals surface area contributed by atoms with Crippen molar-refractivity contribution in [3.63, 3.8) is 0 Å². The molecular formula is C17H19N3O4. The summed E-state index contributed by atoms with van der Waals surface area (Å²) in [6.45, 7) is 2.86. The predicted molar refractivity (Wildman–Crippen MR) is 91.3 cm³/mol. The predicted octanol–water partition coefficient (Wildman–Crippen LogP) is 1.67. The average Bonchev–Trinajstić information content (AvgIpc) is 2.51. The number of carbonyl (C=O) groups excluding carboxylic acids is 2. The molecule has 2 amide bonds. The van der Waals surface area contributed by atoms with Crippen LogP contribution in [0.5, 0.6) is 5.75 Å². The van der Waals surface area contributed by atoms with Gasteiger partial charge < -0.3 is 19.9 Å². The Morgan fingerprint density at radius 3 is 2.50 bits per heavy atom. The van der Waals surface area contributed by atoms with Crippen molar-refractivity contribution >= 4 is 23.2 Å². The lowest BCUT2D eigenvalue weighted by Crippen LogP contribution is -2.23. The standard InChI is InChI=1S/C17H19N3O4/c1-11-17(15(22)7-8-20(11)3)24-10-16(23)19-14-6-4-5-13(9-14)18-12(2)21/h4-9H,10H2,1-3H3,(H,18,21)(H,19,23). The highest BCUT2D eigenvalue weighted by Crippen LogP contribution is 2.15. The Morgan fingerprint density at radius 1 is 1.17 bits per heavy atom. The van der Waals surface area contributed by atoms with Gasteiger partial charge in [0.25, 0.3) is 5.91 Å². The first-order valence-corrected chi connectivity index (χ1v) is 7.33. The van der Waals surface area contributed by atoms with Crippen LogP contribution in [0.3, 0.4) is 0 Å². The number of aryl methyl sites for hydroxylation is 1. The van der Waals surface area contributed by atoms with Gasteiger partial charge in [0.15, 0.2) is 12.4 Å². The third-order valence-corrected chi connectivity index (χ3v) is 3.35. The molecule has 0 aliphatic heterocycles. The summed E-state index contributed by atoms with van der Waals surface area (Å²) in [6, 6.07) is 8.13. The fourth-order valence-corrected chi connectivity index (χ4v) is 2.09. The Kier molecular flexibility index (Phi) is 5.36. The number of ether oxygens (including phenoxy) is 1. The molecule has 0 unspecified atom stereocenters. The fraction of sp³-hybridized carbons (Fsp3) is 0.235. The highest BCUT2D eigenvalue weighted by molar-refractivity contribution is 5.94. The number of anilines is 2. The minimum atomic E-state index is -0.403. The van der Waals surface area contributed by atoms with Gasteiger partial charge in [-0.25, -0.2) is 0 Å². The van der Waals surface area contributed by atoms with Gasteiger partial charge in [0, 0.05) is 37.6 Å². The summed E-state index contributed by atoms with van der Waals surface area (Å²) in [4.78, 5) is 34.8. The smallest absolute Gasteiger partial charge is 0.262 e.